The summed E-state index contributed by atoms with van der Waals surface area (Å²) in [6, 6.07) is 10.2. The number of hydrogen-bond acceptors (Lipinski definition) is 6. The Labute approximate surface area is 162 Å². The Balaban J connectivity index is 1.62. The van der Waals surface area contributed by atoms with E-state index in [-0.39, 0.29) is 0 Å². The zero-order valence-corrected chi connectivity index (χ0v) is 16.7. The van der Waals surface area contributed by atoms with Crippen molar-refractivity contribution in [1.82, 2.24) is 9.97 Å². The number of methoxy groups -OCH3 is 1. The van der Waals surface area contributed by atoms with E-state index in [4.69, 9.17) is 9.72 Å². The number of aromatic nitrogens is 2. The topological polar surface area (TPSA) is 53.5 Å². The van der Waals surface area contributed by atoms with Crippen molar-refractivity contribution in [2.24, 2.45) is 0 Å². The summed E-state index contributed by atoms with van der Waals surface area (Å²) >= 11 is 0. The Morgan fingerprint density at radius 2 is 1.78 bits per heavy atom. The summed E-state index contributed by atoms with van der Waals surface area (Å²) in [5, 5.41) is 3.44. The van der Waals surface area contributed by atoms with Crippen LogP contribution in [0.1, 0.15) is 31.9 Å². The molecule has 1 aliphatic heterocycles. The van der Waals surface area contributed by atoms with Crippen LogP contribution >= 0.6 is 0 Å². The van der Waals surface area contributed by atoms with Crippen LogP contribution in [0.25, 0.3) is 0 Å². The van der Waals surface area contributed by atoms with Gasteiger partial charge in [0.05, 0.1) is 12.8 Å². The number of nitrogens with zero attached hydrogens (tertiary/aromatic N) is 4. The molecule has 0 aliphatic carbocycles. The highest BCUT2D eigenvalue weighted by Crippen LogP contribution is 2.29. The molecular weight excluding hydrogens is 338 g/mol. The van der Waals surface area contributed by atoms with E-state index < -0.39 is 0 Å². The van der Waals surface area contributed by atoms with Gasteiger partial charge in [-0.05, 0) is 25.5 Å². The summed E-state index contributed by atoms with van der Waals surface area (Å²) in [7, 11) is 1.73. The van der Waals surface area contributed by atoms with Gasteiger partial charge in [0.25, 0.3) is 0 Å². The number of para-hydroxylation sites is 2. The number of ether oxygens (including phenoxy) is 1. The van der Waals surface area contributed by atoms with Crippen LogP contribution in [0.3, 0.4) is 0 Å². The largest absolute Gasteiger partial charge is 0.495 e. The van der Waals surface area contributed by atoms with E-state index in [2.05, 4.69) is 39.2 Å². The lowest BCUT2D eigenvalue weighted by atomic mass is 10.2. The zero-order valence-electron chi connectivity index (χ0n) is 16.7. The second kappa shape index (κ2) is 9.44. The first-order chi connectivity index (χ1) is 13.2. The predicted molar refractivity (Wildman–Crippen MR) is 112 cm³/mol. The first-order valence-electron chi connectivity index (χ1n) is 9.93. The van der Waals surface area contributed by atoms with Crippen molar-refractivity contribution in [1.29, 1.82) is 0 Å². The number of unbranched alkanes of at least 4 members (excludes halogenated alkanes) is 2. The first kappa shape index (κ1) is 19.3. The molecule has 1 aliphatic rings. The molecule has 27 heavy (non-hydrogen) atoms. The number of nitrogens with one attached hydrogen (secondary N) is 1. The average molecular weight is 370 g/mol. The second-order valence-corrected chi connectivity index (χ2v) is 6.97. The van der Waals surface area contributed by atoms with Crippen LogP contribution in [0.4, 0.5) is 17.5 Å². The third-order valence-electron chi connectivity index (χ3n) is 4.92. The number of piperazine rings is 1. The standard InChI is InChI=1S/C21H31N5O/c1-4-5-8-11-22-20-16-17(2)23-21(24-20)26-14-12-25(13-15-26)18-9-6-7-10-19(18)27-3/h6-7,9-10,16H,4-5,8,11-15H2,1-3H3,(H,22,23,24). The van der Waals surface area contributed by atoms with E-state index in [0.29, 0.717) is 0 Å². The first-order valence-corrected chi connectivity index (χ1v) is 9.93. The minimum atomic E-state index is 0.827. The van der Waals surface area contributed by atoms with Crippen LogP contribution in [0.5, 0.6) is 5.75 Å². The SMILES string of the molecule is CCCCCNc1cc(C)nc(N2CCN(c3ccccc3OC)CC2)n1. The molecule has 0 spiro atoms. The van der Waals surface area contributed by atoms with Crippen molar-refractivity contribution in [2.75, 3.05) is 55.0 Å². The molecule has 0 saturated carbocycles. The van der Waals surface area contributed by atoms with Gasteiger partial charge in [0.2, 0.25) is 5.95 Å². The fourth-order valence-corrected chi connectivity index (χ4v) is 3.41. The summed E-state index contributed by atoms with van der Waals surface area (Å²) in [5.41, 5.74) is 2.16. The molecule has 1 saturated heterocycles. The molecule has 1 N–H and O–H groups in total. The van der Waals surface area contributed by atoms with Gasteiger partial charge in [0.1, 0.15) is 11.6 Å². The predicted octanol–water partition coefficient (Wildman–Crippen LogP) is 3.72. The van der Waals surface area contributed by atoms with E-state index in [1.807, 2.05) is 25.1 Å². The second-order valence-electron chi connectivity index (χ2n) is 6.97. The van der Waals surface area contributed by atoms with Gasteiger partial charge in [-0.3, -0.25) is 0 Å². The molecule has 0 amide bonds. The van der Waals surface area contributed by atoms with Crippen molar-refractivity contribution < 1.29 is 4.74 Å². The van der Waals surface area contributed by atoms with Crippen LogP contribution in [0.2, 0.25) is 0 Å². The zero-order chi connectivity index (χ0) is 19.1. The van der Waals surface area contributed by atoms with Crippen LogP contribution in [0.15, 0.2) is 30.3 Å². The molecule has 6 nitrogen and oxygen atoms in total. The number of benzene rings is 1. The lowest BCUT2D eigenvalue weighted by molar-refractivity contribution is 0.413. The van der Waals surface area contributed by atoms with E-state index in [0.717, 1.165) is 61.6 Å². The number of aryl methyl sites for hydroxylation is 1. The van der Waals surface area contributed by atoms with Gasteiger partial charge in [0.15, 0.2) is 0 Å². The van der Waals surface area contributed by atoms with Crippen molar-refractivity contribution in [2.45, 2.75) is 33.1 Å². The quantitative estimate of drug-likeness (QED) is 0.716. The molecule has 6 heteroatoms. The monoisotopic (exact) mass is 369 g/mol. The number of hydrogen-bond donors (Lipinski definition) is 1. The minimum absolute atomic E-state index is 0.827. The van der Waals surface area contributed by atoms with Crippen molar-refractivity contribution in [3.63, 3.8) is 0 Å². The van der Waals surface area contributed by atoms with E-state index >= 15 is 0 Å². The molecule has 0 atom stereocenters. The smallest absolute Gasteiger partial charge is 0.227 e. The van der Waals surface area contributed by atoms with Crippen molar-refractivity contribution in [3.05, 3.63) is 36.0 Å². The Morgan fingerprint density at radius 3 is 2.52 bits per heavy atom. The van der Waals surface area contributed by atoms with Gasteiger partial charge in [-0.25, -0.2) is 4.98 Å². The van der Waals surface area contributed by atoms with E-state index in [1.165, 1.54) is 19.3 Å². The molecule has 1 aromatic carbocycles. The van der Waals surface area contributed by atoms with Crippen LogP contribution in [-0.2, 0) is 0 Å². The van der Waals surface area contributed by atoms with Gasteiger partial charge in [-0.1, -0.05) is 31.9 Å². The summed E-state index contributed by atoms with van der Waals surface area (Å²) in [6.07, 6.45) is 3.65. The Kier molecular flexibility index (Phi) is 6.74. The third kappa shape index (κ3) is 5.02. The molecular formula is C21H31N5O. The normalized spacial score (nSPS) is 14.3. The summed E-state index contributed by atoms with van der Waals surface area (Å²) in [6.45, 7) is 8.87. The van der Waals surface area contributed by atoms with Crippen LogP contribution < -0.4 is 19.9 Å². The Morgan fingerprint density at radius 1 is 1.04 bits per heavy atom. The fourth-order valence-electron chi connectivity index (χ4n) is 3.41. The molecule has 1 fully saturated rings. The highest BCUT2D eigenvalue weighted by molar-refractivity contribution is 5.59. The molecule has 1 aromatic heterocycles. The molecule has 0 radical (unpaired) electrons. The maximum Gasteiger partial charge on any atom is 0.227 e. The summed E-state index contributed by atoms with van der Waals surface area (Å²) < 4.78 is 5.51. The van der Waals surface area contributed by atoms with Gasteiger partial charge >= 0.3 is 0 Å². The van der Waals surface area contributed by atoms with E-state index in [9.17, 15) is 0 Å². The highest BCUT2D eigenvalue weighted by atomic mass is 16.5. The van der Waals surface area contributed by atoms with Crippen LogP contribution in [0, 0.1) is 6.92 Å². The fraction of sp³-hybridized carbons (Fsp3) is 0.524. The van der Waals surface area contributed by atoms with E-state index in [1.54, 1.807) is 7.11 Å². The molecule has 0 bridgehead atoms. The average Bonchev–Trinajstić information content (AvgIpc) is 2.71. The maximum atomic E-state index is 5.51. The van der Waals surface area contributed by atoms with Gasteiger partial charge < -0.3 is 19.9 Å². The Bertz CT molecular complexity index is 728. The highest BCUT2D eigenvalue weighted by Gasteiger charge is 2.21. The lowest BCUT2D eigenvalue weighted by Crippen LogP contribution is -2.47. The summed E-state index contributed by atoms with van der Waals surface area (Å²) in [4.78, 5) is 14.1. The van der Waals surface area contributed by atoms with Crippen LogP contribution in [-0.4, -0.2) is 49.8 Å². The molecule has 146 valence electrons. The minimum Gasteiger partial charge on any atom is -0.495 e. The van der Waals surface area contributed by atoms with Gasteiger partial charge in [-0.2, -0.15) is 4.98 Å². The van der Waals surface area contributed by atoms with Gasteiger partial charge in [0, 0.05) is 44.5 Å². The molecule has 3 rings (SSSR count). The maximum absolute atomic E-state index is 5.51. The van der Waals surface area contributed by atoms with Gasteiger partial charge in [-0.15, -0.1) is 0 Å². The van der Waals surface area contributed by atoms with Crippen molar-refractivity contribution >= 4 is 17.5 Å². The van der Waals surface area contributed by atoms with Crippen molar-refractivity contribution in [3.8, 4) is 5.75 Å². The number of rotatable bonds is 8. The molecule has 2 heterocycles. The third-order valence-corrected chi connectivity index (χ3v) is 4.92. The Hall–Kier alpha value is -2.50. The lowest BCUT2D eigenvalue weighted by Gasteiger charge is -2.36. The molecule has 2 aromatic rings. The number of anilines is 3. The summed E-state index contributed by atoms with van der Waals surface area (Å²) in [5.74, 6) is 2.68. The molecule has 0 unspecified atom stereocenters.